The molecular weight excluding hydrogens is 388 g/mol. The monoisotopic (exact) mass is 412 g/mol. The Kier molecular flexibility index (Phi) is 7.55. The molecule has 6 nitrogen and oxygen atoms in total. The summed E-state index contributed by atoms with van der Waals surface area (Å²) in [6.07, 6.45) is -0.272. The molecule has 0 saturated carbocycles. The number of aryl methyl sites for hydroxylation is 2. The zero-order chi connectivity index (χ0) is 20.0. The molecular formula is C19H24O6S2. The lowest BCUT2D eigenvalue weighted by atomic mass is 10.0. The van der Waals surface area contributed by atoms with Gasteiger partial charge in [0.2, 0.25) is 0 Å². The first kappa shape index (κ1) is 21.6. The number of carbonyl (C=O) groups is 1. The average molecular weight is 413 g/mol. The Morgan fingerprint density at radius 1 is 1.22 bits per heavy atom. The maximum Gasteiger partial charge on any atom is 0.348 e. The van der Waals surface area contributed by atoms with Gasteiger partial charge in [0.1, 0.15) is 4.88 Å². The fourth-order valence-corrected chi connectivity index (χ4v) is 4.42. The molecule has 2 aromatic rings. The molecule has 0 amide bonds. The van der Waals surface area contributed by atoms with Crippen LogP contribution in [0.25, 0.3) is 0 Å². The second kappa shape index (κ2) is 9.45. The van der Waals surface area contributed by atoms with Crippen molar-refractivity contribution in [1.82, 2.24) is 0 Å². The number of carbonyl (C=O) groups excluding carboxylic acids is 1. The quantitative estimate of drug-likeness (QED) is 0.502. The van der Waals surface area contributed by atoms with Crippen molar-refractivity contribution in [1.29, 1.82) is 0 Å². The van der Waals surface area contributed by atoms with Crippen LogP contribution in [0.1, 0.15) is 39.7 Å². The Bertz CT molecular complexity index is 868. The highest BCUT2D eigenvalue weighted by atomic mass is 32.2. The molecule has 1 aromatic carbocycles. The van der Waals surface area contributed by atoms with Crippen molar-refractivity contribution in [3.63, 3.8) is 0 Å². The van der Waals surface area contributed by atoms with Crippen LogP contribution in [-0.4, -0.2) is 38.8 Å². The standard InChI is InChI=1S/C19H24O6S2/c1-4-24-19(21)18-17(14(3)12-26-18)10-7-15(20)11-25-27(22,23)16-8-5-13(2)6-9-16/h5-6,8-9,12,15,20H,4,7,10-11H2,1-3H3/t15-/m1/s1. The van der Waals surface area contributed by atoms with Gasteiger partial charge in [-0.2, -0.15) is 8.42 Å². The Labute approximate surface area is 163 Å². The highest BCUT2D eigenvalue weighted by Crippen LogP contribution is 2.25. The summed E-state index contributed by atoms with van der Waals surface area (Å²) < 4.78 is 34.3. The van der Waals surface area contributed by atoms with Gasteiger partial charge in [-0.05, 0) is 62.3 Å². The number of aliphatic hydroxyl groups excluding tert-OH is 1. The Hall–Kier alpha value is -1.74. The highest BCUT2D eigenvalue weighted by Gasteiger charge is 2.20. The fourth-order valence-electron chi connectivity index (χ4n) is 2.48. The largest absolute Gasteiger partial charge is 0.462 e. The third kappa shape index (κ3) is 5.87. The molecule has 0 bridgehead atoms. The molecule has 8 heteroatoms. The van der Waals surface area contributed by atoms with Gasteiger partial charge < -0.3 is 9.84 Å². The molecule has 0 radical (unpaired) electrons. The number of rotatable bonds is 9. The van der Waals surface area contributed by atoms with E-state index >= 15 is 0 Å². The van der Waals surface area contributed by atoms with Gasteiger partial charge in [-0.3, -0.25) is 4.18 Å². The molecule has 0 spiro atoms. The summed E-state index contributed by atoms with van der Waals surface area (Å²) >= 11 is 1.31. The van der Waals surface area contributed by atoms with Gasteiger partial charge in [0.15, 0.2) is 0 Å². The smallest absolute Gasteiger partial charge is 0.348 e. The number of esters is 1. The van der Waals surface area contributed by atoms with E-state index in [0.29, 0.717) is 17.9 Å². The lowest BCUT2D eigenvalue weighted by molar-refractivity contribution is 0.0530. The molecule has 0 aliphatic carbocycles. The van der Waals surface area contributed by atoms with E-state index < -0.39 is 16.2 Å². The summed E-state index contributed by atoms with van der Waals surface area (Å²) in [7, 11) is -3.91. The van der Waals surface area contributed by atoms with E-state index in [4.69, 9.17) is 8.92 Å². The van der Waals surface area contributed by atoms with Gasteiger partial charge >= 0.3 is 5.97 Å². The third-order valence-corrected chi connectivity index (χ3v) is 6.43. The fraction of sp³-hybridized carbons (Fsp3) is 0.421. The molecule has 0 saturated heterocycles. The van der Waals surface area contributed by atoms with E-state index in [9.17, 15) is 18.3 Å². The Balaban J connectivity index is 1.93. The van der Waals surface area contributed by atoms with Crippen LogP contribution in [0.2, 0.25) is 0 Å². The predicted molar refractivity (Wildman–Crippen MR) is 104 cm³/mol. The number of benzene rings is 1. The van der Waals surface area contributed by atoms with Crippen LogP contribution in [0.3, 0.4) is 0 Å². The zero-order valence-corrected chi connectivity index (χ0v) is 17.2. The van der Waals surface area contributed by atoms with Crippen molar-refractivity contribution in [2.24, 2.45) is 0 Å². The van der Waals surface area contributed by atoms with E-state index in [0.717, 1.165) is 16.7 Å². The Morgan fingerprint density at radius 3 is 2.52 bits per heavy atom. The summed E-state index contributed by atoms with van der Waals surface area (Å²) in [6.45, 7) is 5.45. The average Bonchev–Trinajstić information content (AvgIpc) is 2.99. The van der Waals surface area contributed by atoms with Crippen LogP contribution in [0, 0.1) is 13.8 Å². The molecule has 1 heterocycles. The minimum absolute atomic E-state index is 0.0542. The first-order valence-electron chi connectivity index (χ1n) is 8.62. The number of hydrogen-bond donors (Lipinski definition) is 1. The third-order valence-electron chi connectivity index (χ3n) is 4.02. The van der Waals surface area contributed by atoms with Gasteiger partial charge in [0.25, 0.3) is 10.1 Å². The molecule has 2 rings (SSSR count). The van der Waals surface area contributed by atoms with Crippen molar-refractivity contribution >= 4 is 27.4 Å². The highest BCUT2D eigenvalue weighted by molar-refractivity contribution is 7.86. The first-order valence-corrected chi connectivity index (χ1v) is 10.9. The van der Waals surface area contributed by atoms with E-state index in [-0.39, 0.29) is 23.9 Å². The number of thiophene rings is 1. The molecule has 0 aliphatic rings. The van der Waals surface area contributed by atoms with Crippen LogP contribution in [0.4, 0.5) is 0 Å². The van der Waals surface area contributed by atoms with Gasteiger partial charge in [0, 0.05) is 0 Å². The maximum absolute atomic E-state index is 12.2. The first-order chi connectivity index (χ1) is 12.7. The van der Waals surface area contributed by atoms with Crippen molar-refractivity contribution in [3.8, 4) is 0 Å². The van der Waals surface area contributed by atoms with Gasteiger partial charge in [-0.15, -0.1) is 11.3 Å². The minimum Gasteiger partial charge on any atom is -0.462 e. The maximum atomic E-state index is 12.2. The molecule has 27 heavy (non-hydrogen) atoms. The minimum atomic E-state index is -3.91. The molecule has 0 unspecified atom stereocenters. The lowest BCUT2D eigenvalue weighted by Crippen LogP contribution is -2.20. The van der Waals surface area contributed by atoms with Crippen LogP contribution >= 0.6 is 11.3 Å². The number of hydrogen-bond acceptors (Lipinski definition) is 7. The van der Waals surface area contributed by atoms with Crippen LogP contribution in [0.15, 0.2) is 34.5 Å². The van der Waals surface area contributed by atoms with Crippen LogP contribution < -0.4 is 0 Å². The van der Waals surface area contributed by atoms with Gasteiger partial charge in [-0.1, -0.05) is 17.7 Å². The number of aliphatic hydroxyl groups is 1. The topological polar surface area (TPSA) is 89.9 Å². The van der Waals surface area contributed by atoms with Gasteiger partial charge in [0.05, 0.1) is 24.2 Å². The normalized spacial score (nSPS) is 12.7. The Morgan fingerprint density at radius 2 is 1.89 bits per heavy atom. The molecule has 1 N–H and O–H groups in total. The lowest BCUT2D eigenvalue weighted by Gasteiger charge is -2.12. The van der Waals surface area contributed by atoms with E-state index in [2.05, 4.69) is 0 Å². The van der Waals surface area contributed by atoms with Crippen molar-refractivity contribution in [2.45, 2.75) is 44.6 Å². The van der Waals surface area contributed by atoms with Crippen LogP contribution in [0.5, 0.6) is 0 Å². The molecule has 1 atom stereocenters. The van der Waals surface area contributed by atoms with E-state index in [1.165, 1.54) is 23.5 Å². The summed E-state index contributed by atoms with van der Waals surface area (Å²) in [5.41, 5.74) is 2.71. The molecule has 0 aliphatic heterocycles. The number of ether oxygens (including phenoxy) is 1. The van der Waals surface area contributed by atoms with Crippen molar-refractivity contribution < 1.29 is 27.2 Å². The van der Waals surface area contributed by atoms with E-state index in [1.54, 1.807) is 19.1 Å². The second-order valence-electron chi connectivity index (χ2n) is 6.19. The summed E-state index contributed by atoms with van der Waals surface area (Å²) in [5.74, 6) is -0.377. The molecule has 1 aromatic heterocycles. The SMILES string of the molecule is CCOC(=O)c1scc(C)c1CC[C@@H](O)COS(=O)(=O)c1ccc(C)cc1. The van der Waals surface area contributed by atoms with Crippen molar-refractivity contribution in [2.75, 3.05) is 13.2 Å². The van der Waals surface area contributed by atoms with Crippen molar-refractivity contribution in [3.05, 3.63) is 51.2 Å². The zero-order valence-electron chi connectivity index (χ0n) is 15.6. The molecule has 0 fully saturated rings. The summed E-state index contributed by atoms with van der Waals surface area (Å²) in [6, 6.07) is 6.31. The summed E-state index contributed by atoms with van der Waals surface area (Å²) in [5, 5.41) is 12.0. The van der Waals surface area contributed by atoms with Gasteiger partial charge in [-0.25, -0.2) is 4.79 Å². The van der Waals surface area contributed by atoms with Crippen LogP contribution in [-0.2, 0) is 25.5 Å². The summed E-state index contributed by atoms with van der Waals surface area (Å²) in [4.78, 5) is 12.6. The molecule has 148 valence electrons. The predicted octanol–water partition coefficient (Wildman–Crippen LogP) is 3.24. The second-order valence-corrected chi connectivity index (χ2v) is 8.69. The van der Waals surface area contributed by atoms with E-state index in [1.807, 2.05) is 19.2 Å².